The Kier molecular flexibility index (Phi) is 8.63. The number of alkyl halides is 3. The number of nitrogens with one attached hydrogen (secondary N) is 3. The third-order valence-corrected chi connectivity index (χ3v) is 5.44. The molecular weight excluding hydrogens is 528 g/mol. The number of rotatable bonds is 10. The maximum Gasteiger partial charge on any atom is 0.416 e. The zero-order chi connectivity index (χ0) is 28.9. The Morgan fingerprint density at radius 3 is 2.08 bits per heavy atom. The van der Waals surface area contributed by atoms with Crippen LogP contribution in [0, 0.1) is 5.82 Å². The fourth-order valence-corrected chi connectivity index (χ4v) is 3.57. The molecule has 0 aliphatic heterocycles. The first-order chi connectivity index (χ1) is 18.3. The van der Waals surface area contributed by atoms with Crippen molar-refractivity contribution in [2.24, 2.45) is 5.73 Å². The van der Waals surface area contributed by atoms with E-state index in [0.717, 1.165) is 30.3 Å². The van der Waals surface area contributed by atoms with Gasteiger partial charge < -0.3 is 36.3 Å². The fourth-order valence-electron chi connectivity index (χ4n) is 3.57. The van der Waals surface area contributed by atoms with Crippen molar-refractivity contribution in [2.45, 2.75) is 25.2 Å². The number of aromatic nitrogens is 2. The molecule has 2 atom stereocenters. The number of methoxy groups -OCH3 is 2. The third-order valence-electron chi connectivity index (χ3n) is 5.44. The van der Waals surface area contributed by atoms with E-state index in [2.05, 4.69) is 25.9 Å². The molecule has 0 fully saturated rings. The highest BCUT2D eigenvalue weighted by Crippen LogP contribution is 2.33. The van der Waals surface area contributed by atoms with Gasteiger partial charge in [0.25, 0.3) is 5.91 Å². The molecule has 15 heteroatoms. The van der Waals surface area contributed by atoms with Crippen LogP contribution in [0.1, 0.15) is 34.5 Å². The molecule has 3 rings (SSSR count). The largest absolute Gasteiger partial charge is 0.481 e. The smallest absolute Gasteiger partial charge is 0.416 e. The van der Waals surface area contributed by atoms with E-state index in [1.165, 1.54) is 33.3 Å². The zero-order valence-corrected chi connectivity index (χ0v) is 20.8. The molecule has 11 nitrogen and oxygen atoms in total. The van der Waals surface area contributed by atoms with Gasteiger partial charge in [0.15, 0.2) is 11.6 Å². The van der Waals surface area contributed by atoms with Crippen molar-refractivity contribution in [1.29, 1.82) is 0 Å². The lowest BCUT2D eigenvalue weighted by Crippen LogP contribution is -2.39. The number of carbonyl (C=O) groups is 2. The number of carboxylic acid groups (broad SMARTS) is 1. The summed E-state index contributed by atoms with van der Waals surface area (Å²) in [6.45, 7) is 1.42. The predicted molar refractivity (Wildman–Crippen MR) is 132 cm³/mol. The minimum atomic E-state index is -4.59. The van der Waals surface area contributed by atoms with Crippen molar-refractivity contribution in [2.75, 3.05) is 24.9 Å². The molecule has 0 spiro atoms. The van der Waals surface area contributed by atoms with Crippen molar-refractivity contribution in [1.82, 2.24) is 15.3 Å². The van der Waals surface area contributed by atoms with Gasteiger partial charge in [-0.1, -0.05) is 12.1 Å². The molecule has 0 saturated carbocycles. The third kappa shape index (κ3) is 7.15. The predicted octanol–water partition coefficient (Wildman–Crippen LogP) is 4.30. The van der Waals surface area contributed by atoms with E-state index < -0.39 is 47.5 Å². The Balaban J connectivity index is 2.05. The average Bonchev–Trinajstić information content (AvgIpc) is 2.87. The Bertz CT molecular complexity index is 1330. The van der Waals surface area contributed by atoms with Crippen molar-refractivity contribution in [3.63, 3.8) is 0 Å². The number of ether oxygens (including phenoxy) is 2. The lowest BCUT2D eigenvalue weighted by atomic mass is 9.98. The molecule has 0 unspecified atom stereocenters. The molecule has 0 aliphatic rings. The first-order valence-corrected chi connectivity index (χ1v) is 11.1. The van der Waals surface area contributed by atoms with Gasteiger partial charge >= 0.3 is 12.3 Å². The van der Waals surface area contributed by atoms with Crippen molar-refractivity contribution in [3.8, 4) is 11.8 Å². The zero-order valence-electron chi connectivity index (χ0n) is 20.8. The minimum absolute atomic E-state index is 0.147. The molecule has 6 N–H and O–H groups in total. The van der Waals surface area contributed by atoms with E-state index >= 15 is 4.39 Å². The van der Waals surface area contributed by atoms with Crippen molar-refractivity contribution >= 4 is 29.3 Å². The monoisotopic (exact) mass is 552 g/mol. The standard InChI is InChI=1S/C24H24F4N6O5/c1-11(30-23(36)37)19(12-4-6-13(7-5-12)24(26,27)28)33-22-16(25)10-15(20(29)35)21(34-22)31-14-8-17(38-2)32-18(9-14)39-3/h4-11,19,30H,1-3H3,(H2,29,35)(H,36,37)(H2,31,32,33,34)/t11-,19+/m0/s1. The van der Waals surface area contributed by atoms with Crippen LogP contribution in [-0.2, 0) is 6.18 Å². The minimum Gasteiger partial charge on any atom is -0.481 e. The van der Waals surface area contributed by atoms with E-state index in [0.29, 0.717) is 0 Å². The summed E-state index contributed by atoms with van der Waals surface area (Å²) >= 11 is 0. The number of anilines is 3. The highest BCUT2D eigenvalue weighted by molar-refractivity contribution is 5.98. The van der Waals surface area contributed by atoms with Crippen LogP contribution >= 0.6 is 0 Å². The Labute approximate surface area is 219 Å². The van der Waals surface area contributed by atoms with E-state index in [4.69, 9.17) is 15.2 Å². The van der Waals surface area contributed by atoms with Crippen LogP contribution < -0.4 is 31.2 Å². The number of carbonyl (C=O) groups excluding carboxylic acids is 1. The number of primary amides is 1. The van der Waals surface area contributed by atoms with Crippen molar-refractivity contribution < 1.29 is 41.7 Å². The second kappa shape index (κ2) is 11.7. The molecule has 0 aliphatic carbocycles. The topological polar surface area (TPSA) is 161 Å². The Hall–Kier alpha value is -4.82. The van der Waals surface area contributed by atoms with Gasteiger partial charge in [0.05, 0.1) is 43.1 Å². The van der Waals surface area contributed by atoms with Crippen LogP contribution in [0.2, 0.25) is 0 Å². The summed E-state index contributed by atoms with van der Waals surface area (Å²) in [6, 6.07) is 5.53. The molecule has 0 bridgehead atoms. The molecule has 39 heavy (non-hydrogen) atoms. The number of amides is 2. The van der Waals surface area contributed by atoms with E-state index in [-0.39, 0.29) is 34.4 Å². The van der Waals surface area contributed by atoms with Gasteiger partial charge in [0.2, 0.25) is 11.8 Å². The van der Waals surface area contributed by atoms with Crippen LogP contribution in [0.3, 0.4) is 0 Å². The first kappa shape index (κ1) is 28.7. The lowest BCUT2D eigenvalue weighted by molar-refractivity contribution is -0.137. The maximum atomic E-state index is 15.1. The number of pyridine rings is 2. The molecule has 2 amide bonds. The lowest BCUT2D eigenvalue weighted by Gasteiger charge is -2.27. The summed E-state index contributed by atoms with van der Waals surface area (Å²) in [4.78, 5) is 31.5. The van der Waals surface area contributed by atoms with Gasteiger partial charge in [-0.2, -0.15) is 18.2 Å². The highest BCUT2D eigenvalue weighted by atomic mass is 19.4. The molecule has 208 valence electrons. The highest BCUT2D eigenvalue weighted by Gasteiger charge is 2.31. The molecular formula is C24H24F4N6O5. The van der Waals surface area contributed by atoms with Crippen LogP contribution in [-0.4, -0.2) is 47.3 Å². The maximum absolute atomic E-state index is 15.1. The molecule has 0 radical (unpaired) electrons. The molecule has 0 saturated heterocycles. The van der Waals surface area contributed by atoms with Crippen LogP contribution in [0.5, 0.6) is 11.8 Å². The summed E-state index contributed by atoms with van der Waals surface area (Å²) in [5.74, 6) is -2.38. The molecule has 2 heterocycles. The molecule has 1 aromatic carbocycles. The second-order valence-electron chi connectivity index (χ2n) is 8.12. The fraction of sp³-hybridized carbons (Fsp3) is 0.250. The molecule has 2 aromatic heterocycles. The van der Waals surface area contributed by atoms with Gasteiger partial charge in [-0.05, 0) is 30.7 Å². The van der Waals surface area contributed by atoms with Crippen LogP contribution in [0.4, 0.5) is 39.7 Å². The SMILES string of the molecule is COc1cc(Nc2nc(N[C@@H](c3ccc(C(F)(F)F)cc3)[C@H](C)NC(=O)O)c(F)cc2C(N)=O)cc(OC)n1. The second-order valence-corrected chi connectivity index (χ2v) is 8.12. The van der Waals surface area contributed by atoms with Crippen LogP contribution in [0.25, 0.3) is 0 Å². The van der Waals surface area contributed by atoms with Gasteiger partial charge in [0.1, 0.15) is 5.82 Å². The van der Waals surface area contributed by atoms with Gasteiger partial charge in [-0.3, -0.25) is 4.79 Å². The Morgan fingerprint density at radius 1 is 1.00 bits per heavy atom. The van der Waals surface area contributed by atoms with E-state index in [1.54, 1.807) is 0 Å². The normalized spacial score (nSPS) is 12.7. The first-order valence-electron chi connectivity index (χ1n) is 11.1. The number of hydrogen-bond acceptors (Lipinski definition) is 8. The van der Waals surface area contributed by atoms with Gasteiger partial charge in [-0.25, -0.2) is 14.2 Å². The number of nitrogens with two attached hydrogens (primary N) is 1. The summed E-state index contributed by atoms with van der Waals surface area (Å²) < 4.78 is 64.4. The van der Waals surface area contributed by atoms with E-state index in [1.807, 2.05) is 0 Å². The summed E-state index contributed by atoms with van der Waals surface area (Å²) in [5.41, 5.74) is 4.64. The molecule has 3 aromatic rings. The number of benzene rings is 1. The van der Waals surface area contributed by atoms with Gasteiger partial charge in [0, 0.05) is 12.1 Å². The number of hydrogen-bond donors (Lipinski definition) is 5. The number of nitrogens with zero attached hydrogens (tertiary/aromatic N) is 2. The van der Waals surface area contributed by atoms with Crippen molar-refractivity contribution in [3.05, 3.63) is 65.0 Å². The number of halogens is 4. The average molecular weight is 552 g/mol. The van der Waals surface area contributed by atoms with E-state index in [9.17, 15) is 27.9 Å². The quantitative estimate of drug-likeness (QED) is 0.231. The summed E-state index contributed by atoms with van der Waals surface area (Å²) in [7, 11) is 2.73. The summed E-state index contributed by atoms with van der Waals surface area (Å²) in [6.07, 6.45) is -6.01. The van der Waals surface area contributed by atoms with Gasteiger partial charge in [-0.15, -0.1) is 0 Å². The van der Waals surface area contributed by atoms with Crippen LogP contribution in [0.15, 0.2) is 42.5 Å². The Morgan fingerprint density at radius 2 is 1.59 bits per heavy atom. The summed E-state index contributed by atoms with van der Waals surface area (Å²) in [5, 5.41) is 16.9.